The van der Waals surface area contributed by atoms with E-state index < -0.39 is 0 Å². The second-order valence-electron chi connectivity index (χ2n) is 5.48. The molecule has 1 heterocycles. The Labute approximate surface area is 111 Å². The highest BCUT2D eigenvalue weighted by atomic mass is 15.3. The predicted octanol–water partition coefficient (Wildman–Crippen LogP) is 3.22. The third-order valence-electron chi connectivity index (χ3n) is 4.10. The Morgan fingerprint density at radius 1 is 1.28 bits per heavy atom. The van der Waals surface area contributed by atoms with Crippen LogP contribution in [0, 0.1) is 5.92 Å². The Hall–Kier alpha value is -0.830. The molecule has 1 saturated carbocycles. The molecule has 1 aromatic rings. The number of hydrogen-bond acceptors (Lipinski definition) is 2. The van der Waals surface area contributed by atoms with Crippen molar-refractivity contribution in [2.75, 3.05) is 0 Å². The summed E-state index contributed by atoms with van der Waals surface area (Å²) in [5.74, 6) is 0.965. The Kier molecular flexibility index (Phi) is 4.44. The van der Waals surface area contributed by atoms with Crippen LogP contribution in [-0.2, 0) is 19.4 Å². The third-order valence-corrected chi connectivity index (χ3v) is 4.10. The highest BCUT2D eigenvalue weighted by Gasteiger charge is 2.23. The van der Waals surface area contributed by atoms with E-state index in [2.05, 4.69) is 25.5 Å². The van der Waals surface area contributed by atoms with E-state index in [0.717, 1.165) is 31.7 Å². The van der Waals surface area contributed by atoms with Crippen LogP contribution in [0.4, 0.5) is 0 Å². The van der Waals surface area contributed by atoms with E-state index in [4.69, 9.17) is 10.8 Å². The third kappa shape index (κ3) is 2.77. The van der Waals surface area contributed by atoms with Gasteiger partial charge in [-0.15, -0.1) is 0 Å². The van der Waals surface area contributed by atoms with Gasteiger partial charge in [-0.05, 0) is 31.6 Å². The van der Waals surface area contributed by atoms with Gasteiger partial charge in [-0.3, -0.25) is 4.68 Å². The average Bonchev–Trinajstić information content (AvgIpc) is 3.15. The lowest BCUT2D eigenvalue weighted by atomic mass is 10.00. The molecule has 0 amide bonds. The maximum Gasteiger partial charge on any atom is 0.0672 e. The van der Waals surface area contributed by atoms with E-state index in [-0.39, 0.29) is 6.04 Å². The molecule has 3 nitrogen and oxygen atoms in total. The van der Waals surface area contributed by atoms with Crippen LogP contribution in [-0.4, -0.2) is 9.78 Å². The number of aryl methyl sites for hydroxylation is 2. The lowest BCUT2D eigenvalue weighted by Gasteiger charge is -2.12. The molecule has 1 aliphatic rings. The van der Waals surface area contributed by atoms with Gasteiger partial charge in [-0.1, -0.05) is 33.6 Å². The van der Waals surface area contributed by atoms with Crippen molar-refractivity contribution in [3.05, 3.63) is 17.0 Å². The molecule has 0 spiro atoms. The highest BCUT2D eigenvalue weighted by Crippen LogP contribution is 2.33. The predicted molar refractivity (Wildman–Crippen MR) is 75.5 cm³/mol. The topological polar surface area (TPSA) is 43.8 Å². The Morgan fingerprint density at radius 3 is 2.50 bits per heavy atom. The molecule has 0 radical (unpaired) electrons. The molecule has 0 aliphatic heterocycles. The van der Waals surface area contributed by atoms with Crippen LogP contribution in [0.15, 0.2) is 0 Å². The Balaban J connectivity index is 2.24. The second-order valence-corrected chi connectivity index (χ2v) is 5.48. The smallest absolute Gasteiger partial charge is 0.0672 e. The molecule has 1 aromatic heterocycles. The molecule has 3 heteroatoms. The number of rotatable bonds is 7. The molecule has 0 bridgehead atoms. The second kappa shape index (κ2) is 5.87. The van der Waals surface area contributed by atoms with Crippen molar-refractivity contribution in [2.24, 2.45) is 11.7 Å². The van der Waals surface area contributed by atoms with Crippen LogP contribution >= 0.6 is 0 Å². The largest absolute Gasteiger partial charge is 0.324 e. The van der Waals surface area contributed by atoms with Gasteiger partial charge in [0.2, 0.25) is 0 Å². The van der Waals surface area contributed by atoms with Crippen molar-refractivity contribution >= 4 is 0 Å². The standard InChI is InChI=1S/C15H27N3/c1-4-12(16)15-13(5-2)17-18(14(15)6-3)10-9-11-7-8-11/h11-12H,4-10,16H2,1-3H3. The van der Waals surface area contributed by atoms with Gasteiger partial charge < -0.3 is 5.73 Å². The minimum atomic E-state index is 0.157. The zero-order valence-corrected chi connectivity index (χ0v) is 12.1. The molecule has 1 aliphatic carbocycles. The van der Waals surface area contributed by atoms with Gasteiger partial charge in [0.05, 0.1) is 5.69 Å². The summed E-state index contributed by atoms with van der Waals surface area (Å²) in [7, 11) is 0. The monoisotopic (exact) mass is 249 g/mol. The van der Waals surface area contributed by atoms with E-state index in [1.54, 1.807) is 0 Å². The average molecular weight is 249 g/mol. The molecule has 0 saturated heterocycles. The summed E-state index contributed by atoms with van der Waals surface area (Å²) in [6.45, 7) is 7.64. The molecule has 2 N–H and O–H groups in total. The maximum atomic E-state index is 6.28. The fourth-order valence-corrected chi connectivity index (χ4v) is 2.73. The van der Waals surface area contributed by atoms with Crippen LogP contribution < -0.4 is 5.73 Å². The lowest BCUT2D eigenvalue weighted by Crippen LogP contribution is -2.13. The molecule has 18 heavy (non-hydrogen) atoms. The van der Waals surface area contributed by atoms with Crippen LogP contribution in [0.5, 0.6) is 0 Å². The normalized spacial score (nSPS) is 17.1. The van der Waals surface area contributed by atoms with Crippen LogP contribution in [0.1, 0.15) is 69.4 Å². The van der Waals surface area contributed by atoms with Gasteiger partial charge in [0.1, 0.15) is 0 Å². The van der Waals surface area contributed by atoms with Crippen molar-refractivity contribution in [3.63, 3.8) is 0 Å². The van der Waals surface area contributed by atoms with Crippen LogP contribution in [0.3, 0.4) is 0 Å². The minimum absolute atomic E-state index is 0.157. The Bertz CT molecular complexity index is 391. The summed E-state index contributed by atoms with van der Waals surface area (Å²) in [4.78, 5) is 0. The first-order chi connectivity index (χ1) is 8.71. The van der Waals surface area contributed by atoms with E-state index in [0.29, 0.717) is 0 Å². The number of hydrogen-bond donors (Lipinski definition) is 1. The van der Waals surface area contributed by atoms with E-state index in [1.165, 1.54) is 36.2 Å². The van der Waals surface area contributed by atoms with Gasteiger partial charge in [0.25, 0.3) is 0 Å². The molecule has 1 fully saturated rings. The van der Waals surface area contributed by atoms with Crippen LogP contribution in [0.2, 0.25) is 0 Å². The van der Waals surface area contributed by atoms with Gasteiger partial charge in [0, 0.05) is 23.8 Å². The van der Waals surface area contributed by atoms with Gasteiger partial charge >= 0.3 is 0 Å². The summed E-state index contributed by atoms with van der Waals surface area (Å²) in [5, 5.41) is 4.80. The number of aromatic nitrogens is 2. The number of nitrogens with zero attached hydrogens (tertiary/aromatic N) is 2. The molecule has 0 aromatic carbocycles. The van der Waals surface area contributed by atoms with Crippen molar-refractivity contribution < 1.29 is 0 Å². The highest BCUT2D eigenvalue weighted by molar-refractivity contribution is 5.30. The Morgan fingerprint density at radius 2 is 2.00 bits per heavy atom. The van der Waals surface area contributed by atoms with Crippen molar-refractivity contribution in [2.45, 2.75) is 71.9 Å². The van der Waals surface area contributed by atoms with E-state index in [9.17, 15) is 0 Å². The maximum absolute atomic E-state index is 6.28. The molecular formula is C15H27N3. The molecule has 102 valence electrons. The van der Waals surface area contributed by atoms with Crippen molar-refractivity contribution in [1.29, 1.82) is 0 Å². The van der Waals surface area contributed by atoms with E-state index >= 15 is 0 Å². The lowest BCUT2D eigenvalue weighted by molar-refractivity contribution is 0.523. The summed E-state index contributed by atoms with van der Waals surface area (Å²) < 4.78 is 2.24. The zero-order valence-electron chi connectivity index (χ0n) is 12.1. The van der Waals surface area contributed by atoms with Gasteiger partial charge in [-0.2, -0.15) is 5.10 Å². The first-order valence-corrected chi connectivity index (χ1v) is 7.55. The fraction of sp³-hybridized carbons (Fsp3) is 0.800. The summed E-state index contributed by atoms with van der Waals surface area (Å²) in [6, 6.07) is 0.157. The molecule has 1 atom stereocenters. The number of nitrogens with two attached hydrogens (primary N) is 1. The molecule has 2 rings (SSSR count). The van der Waals surface area contributed by atoms with Crippen molar-refractivity contribution in [1.82, 2.24) is 9.78 Å². The first-order valence-electron chi connectivity index (χ1n) is 7.55. The van der Waals surface area contributed by atoms with Crippen molar-refractivity contribution in [3.8, 4) is 0 Å². The summed E-state index contributed by atoms with van der Waals surface area (Å²) in [5.41, 5.74) is 10.2. The zero-order chi connectivity index (χ0) is 13.1. The van der Waals surface area contributed by atoms with Gasteiger partial charge in [0.15, 0.2) is 0 Å². The van der Waals surface area contributed by atoms with E-state index in [1.807, 2.05) is 0 Å². The summed E-state index contributed by atoms with van der Waals surface area (Å²) in [6.07, 6.45) is 7.16. The summed E-state index contributed by atoms with van der Waals surface area (Å²) >= 11 is 0. The minimum Gasteiger partial charge on any atom is -0.324 e. The first kappa shape index (κ1) is 13.6. The quantitative estimate of drug-likeness (QED) is 0.806. The molecular weight excluding hydrogens is 222 g/mol. The molecule has 1 unspecified atom stereocenters. The van der Waals surface area contributed by atoms with Gasteiger partial charge in [-0.25, -0.2) is 0 Å². The SMILES string of the molecule is CCc1nn(CCC2CC2)c(CC)c1C(N)CC. The van der Waals surface area contributed by atoms with Crippen LogP contribution in [0.25, 0.3) is 0 Å². The fourth-order valence-electron chi connectivity index (χ4n) is 2.73.